The van der Waals surface area contributed by atoms with E-state index in [0.29, 0.717) is 9.13 Å². The third-order valence-corrected chi connectivity index (χ3v) is 2.36. The molecule has 0 fully saturated rings. The molecule has 0 unspecified atom stereocenters. The van der Waals surface area contributed by atoms with Gasteiger partial charge in [-0.2, -0.15) is 0 Å². The molecule has 0 spiro atoms. The lowest BCUT2D eigenvalue weighted by Crippen LogP contribution is -2.01. The summed E-state index contributed by atoms with van der Waals surface area (Å²) in [7, 11) is 0. The normalized spacial score (nSPS) is 9.83. The monoisotopic (exact) mass is 280 g/mol. The Bertz CT molecular complexity index is 312. The summed E-state index contributed by atoms with van der Waals surface area (Å²) in [6.45, 7) is 0. The van der Waals surface area contributed by atoms with E-state index in [9.17, 15) is 9.18 Å². The van der Waals surface area contributed by atoms with E-state index in [1.807, 2.05) is 22.6 Å². The van der Waals surface area contributed by atoms with Crippen molar-refractivity contribution >= 4 is 28.6 Å². The first kappa shape index (κ1) is 9.44. The molecule has 4 heteroatoms. The summed E-state index contributed by atoms with van der Waals surface area (Å²) in [5, 5.41) is 8.46. The zero-order valence-corrected chi connectivity index (χ0v) is 8.21. The Hall–Kier alpha value is -0.650. The maximum Gasteiger partial charge on any atom is 0.307 e. The molecule has 0 saturated heterocycles. The van der Waals surface area contributed by atoms with Crippen molar-refractivity contribution in [2.45, 2.75) is 6.42 Å². The minimum Gasteiger partial charge on any atom is -0.481 e. The Morgan fingerprint density at radius 2 is 2.25 bits per heavy atom. The maximum absolute atomic E-state index is 12.5. The number of aliphatic carboxylic acids is 1. The molecule has 0 heterocycles. The first-order chi connectivity index (χ1) is 5.59. The molecule has 0 aliphatic heterocycles. The zero-order valence-electron chi connectivity index (χ0n) is 6.05. The fourth-order valence-corrected chi connectivity index (χ4v) is 1.50. The Labute approximate surface area is 82.5 Å². The molecule has 0 saturated carbocycles. The van der Waals surface area contributed by atoms with E-state index in [2.05, 4.69) is 0 Å². The predicted molar refractivity (Wildman–Crippen MR) is 50.5 cm³/mol. The second-order valence-corrected chi connectivity index (χ2v) is 3.47. The van der Waals surface area contributed by atoms with Crippen LogP contribution in [0.1, 0.15) is 5.56 Å². The highest BCUT2D eigenvalue weighted by atomic mass is 127. The molecule has 0 atom stereocenters. The van der Waals surface area contributed by atoms with Crippen LogP contribution in [0.3, 0.4) is 0 Å². The largest absolute Gasteiger partial charge is 0.481 e. The van der Waals surface area contributed by atoms with Gasteiger partial charge < -0.3 is 5.11 Å². The van der Waals surface area contributed by atoms with Gasteiger partial charge in [0.15, 0.2) is 0 Å². The van der Waals surface area contributed by atoms with Crippen LogP contribution in [0.15, 0.2) is 18.2 Å². The minimum absolute atomic E-state index is 0.0570. The van der Waals surface area contributed by atoms with Crippen molar-refractivity contribution < 1.29 is 14.3 Å². The standard InChI is InChI=1S/C8H6FIO2/c9-6-2-1-5(3-8(11)12)7(10)4-6/h1-2,4H,3H2,(H,11,12). The van der Waals surface area contributed by atoms with Gasteiger partial charge in [-0.3, -0.25) is 4.79 Å². The Balaban J connectivity index is 2.93. The summed E-state index contributed by atoms with van der Waals surface area (Å²) in [5.74, 6) is -1.24. The smallest absolute Gasteiger partial charge is 0.307 e. The number of carbonyl (C=O) groups is 1. The summed E-state index contributed by atoms with van der Waals surface area (Å²) in [6.07, 6.45) is -0.0570. The third kappa shape index (κ3) is 2.44. The molecule has 1 rings (SSSR count). The van der Waals surface area contributed by atoms with E-state index < -0.39 is 5.97 Å². The van der Waals surface area contributed by atoms with Crippen LogP contribution >= 0.6 is 22.6 Å². The zero-order chi connectivity index (χ0) is 9.14. The summed E-state index contributed by atoms with van der Waals surface area (Å²) in [6, 6.07) is 4.07. The number of benzene rings is 1. The number of halogens is 2. The first-order valence-corrected chi connectivity index (χ1v) is 4.33. The summed E-state index contributed by atoms with van der Waals surface area (Å²) >= 11 is 1.92. The van der Waals surface area contributed by atoms with Gasteiger partial charge in [0, 0.05) is 3.57 Å². The number of rotatable bonds is 2. The number of hydrogen-bond donors (Lipinski definition) is 1. The van der Waals surface area contributed by atoms with E-state index in [0.717, 1.165) is 0 Å². The highest BCUT2D eigenvalue weighted by Gasteiger charge is 2.04. The van der Waals surface area contributed by atoms with Gasteiger partial charge in [0.2, 0.25) is 0 Å². The average Bonchev–Trinajstić information content (AvgIpc) is 1.94. The Kier molecular flexibility index (Phi) is 3.02. The lowest BCUT2D eigenvalue weighted by Gasteiger charge is -1.99. The van der Waals surface area contributed by atoms with Gasteiger partial charge in [-0.25, -0.2) is 4.39 Å². The van der Waals surface area contributed by atoms with E-state index in [4.69, 9.17) is 5.11 Å². The lowest BCUT2D eigenvalue weighted by molar-refractivity contribution is -0.136. The summed E-state index contributed by atoms with van der Waals surface area (Å²) < 4.78 is 13.2. The summed E-state index contributed by atoms with van der Waals surface area (Å²) in [4.78, 5) is 10.3. The molecule has 0 aliphatic rings. The maximum atomic E-state index is 12.5. The van der Waals surface area contributed by atoms with Crippen molar-refractivity contribution in [3.63, 3.8) is 0 Å². The van der Waals surface area contributed by atoms with Gasteiger partial charge in [0.05, 0.1) is 6.42 Å². The summed E-state index contributed by atoms with van der Waals surface area (Å²) in [5.41, 5.74) is 0.643. The van der Waals surface area contributed by atoms with Crippen molar-refractivity contribution in [1.29, 1.82) is 0 Å². The fraction of sp³-hybridized carbons (Fsp3) is 0.125. The van der Waals surface area contributed by atoms with E-state index in [1.54, 1.807) is 0 Å². The molecule has 12 heavy (non-hydrogen) atoms. The molecular weight excluding hydrogens is 274 g/mol. The van der Waals surface area contributed by atoms with E-state index in [1.165, 1.54) is 18.2 Å². The van der Waals surface area contributed by atoms with Gasteiger partial charge in [-0.1, -0.05) is 6.07 Å². The Morgan fingerprint density at radius 3 is 2.75 bits per heavy atom. The molecule has 1 N–H and O–H groups in total. The molecular formula is C8H6FIO2. The van der Waals surface area contributed by atoms with Gasteiger partial charge in [-0.05, 0) is 40.3 Å². The first-order valence-electron chi connectivity index (χ1n) is 3.25. The van der Waals surface area contributed by atoms with Crippen LogP contribution in [0, 0.1) is 9.39 Å². The van der Waals surface area contributed by atoms with E-state index >= 15 is 0 Å². The van der Waals surface area contributed by atoms with Crippen LogP contribution in [0.4, 0.5) is 4.39 Å². The minimum atomic E-state index is -0.903. The van der Waals surface area contributed by atoms with Gasteiger partial charge >= 0.3 is 5.97 Å². The third-order valence-electron chi connectivity index (χ3n) is 1.36. The van der Waals surface area contributed by atoms with Crippen LogP contribution in [0.25, 0.3) is 0 Å². The fourth-order valence-electron chi connectivity index (χ4n) is 0.828. The van der Waals surface area contributed by atoms with Crippen molar-refractivity contribution in [3.05, 3.63) is 33.1 Å². The lowest BCUT2D eigenvalue weighted by atomic mass is 10.1. The van der Waals surface area contributed by atoms with Crippen LogP contribution in [0.2, 0.25) is 0 Å². The van der Waals surface area contributed by atoms with Crippen LogP contribution < -0.4 is 0 Å². The van der Waals surface area contributed by atoms with Gasteiger partial charge in [-0.15, -0.1) is 0 Å². The number of carboxylic acids is 1. The molecule has 1 aromatic rings. The predicted octanol–water partition coefficient (Wildman–Crippen LogP) is 2.06. The van der Waals surface area contributed by atoms with Gasteiger partial charge in [0.1, 0.15) is 5.82 Å². The molecule has 0 aromatic heterocycles. The van der Waals surface area contributed by atoms with Crippen molar-refractivity contribution in [3.8, 4) is 0 Å². The highest BCUT2D eigenvalue weighted by Crippen LogP contribution is 2.14. The second kappa shape index (κ2) is 3.84. The number of hydrogen-bond acceptors (Lipinski definition) is 1. The molecule has 0 amide bonds. The van der Waals surface area contributed by atoms with Crippen LogP contribution in [0.5, 0.6) is 0 Å². The topological polar surface area (TPSA) is 37.3 Å². The van der Waals surface area contributed by atoms with Crippen LogP contribution in [-0.4, -0.2) is 11.1 Å². The number of carboxylic acid groups (broad SMARTS) is 1. The quantitative estimate of drug-likeness (QED) is 0.842. The van der Waals surface area contributed by atoms with Crippen molar-refractivity contribution in [2.24, 2.45) is 0 Å². The molecule has 0 aliphatic carbocycles. The van der Waals surface area contributed by atoms with Crippen LogP contribution in [-0.2, 0) is 11.2 Å². The SMILES string of the molecule is O=C(O)Cc1ccc(F)cc1I. The Morgan fingerprint density at radius 1 is 1.58 bits per heavy atom. The highest BCUT2D eigenvalue weighted by molar-refractivity contribution is 14.1. The second-order valence-electron chi connectivity index (χ2n) is 2.31. The van der Waals surface area contributed by atoms with Crippen molar-refractivity contribution in [2.75, 3.05) is 0 Å². The van der Waals surface area contributed by atoms with Gasteiger partial charge in [0.25, 0.3) is 0 Å². The molecule has 64 valence electrons. The molecule has 0 bridgehead atoms. The molecule has 2 nitrogen and oxygen atoms in total. The molecule has 0 radical (unpaired) electrons. The average molecular weight is 280 g/mol. The molecule has 1 aromatic carbocycles. The van der Waals surface area contributed by atoms with Crippen molar-refractivity contribution in [1.82, 2.24) is 0 Å². The van der Waals surface area contributed by atoms with E-state index in [-0.39, 0.29) is 12.2 Å².